The van der Waals surface area contributed by atoms with Gasteiger partial charge in [-0.25, -0.2) is 0 Å². The van der Waals surface area contributed by atoms with Crippen LogP contribution in [0.15, 0.2) is 54.7 Å². The molecule has 2 aromatic rings. The van der Waals surface area contributed by atoms with Crippen molar-refractivity contribution in [2.45, 2.75) is 6.10 Å². The number of thiocarbonyl (C=S) groups is 1. The third-order valence-electron chi connectivity index (χ3n) is 2.47. The molecule has 0 spiro atoms. The van der Waals surface area contributed by atoms with E-state index < -0.39 is 0 Å². The molecule has 1 aromatic heterocycles. The van der Waals surface area contributed by atoms with Crippen molar-refractivity contribution in [3.05, 3.63) is 60.4 Å². The molecule has 0 aliphatic carbocycles. The van der Waals surface area contributed by atoms with Crippen molar-refractivity contribution in [2.24, 2.45) is 0 Å². The number of aromatic nitrogens is 1. The first-order valence-electron chi connectivity index (χ1n) is 5.61. The summed E-state index contributed by atoms with van der Waals surface area (Å²) in [5, 5.41) is 3.16. The number of methoxy groups -OCH3 is 1. The van der Waals surface area contributed by atoms with E-state index >= 15 is 0 Å². The number of hydrogen-bond donors (Lipinski definition) is 1. The molecule has 0 fully saturated rings. The van der Waals surface area contributed by atoms with Crippen LogP contribution >= 0.6 is 12.2 Å². The van der Waals surface area contributed by atoms with Crippen LogP contribution in [0.3, 0.4) is 0 Å². The Kier molecular flexibility index (Phi) is 4.39. The first kappa shape index (κ1) is 12.7. The maximum absolute atomic E-state index is 5.40. The lowest BCUT2D eigenvalue weighted by molar-refractivity contribution is 0.156. The van der Waals surface area contributed by atoms with Crippen LogP contribution in [0, 0.1) is 0 Å². The van der Waals surface area contributed by atoms with Gasteiger partial charge in [0.2, 0.25) is 0 Å². The molecule has 2 rings (SSSR count). The maximum atomic E-state index is 5.40. The Morgan fingerprint density at radius 1 is 1.17 bits per heavy atom. The average Bonchev–Trinajstić information content (AvgIpc) is 2.42. The third-order valence-corrected chi connectivity index (χ3v) is 2.79. The number of para-hydroxylation sites is 1. The topological polar surface area (TPSA) is 34.1 Å². The molecule has 0 aliphatic heterocycles. The molecule has 18 heavy (non-hydrogen) atoms. The highest BCUT2D eigenvalue weighted by Crippen LogP contribution is 2.18. The van der Waals surface area contributed by atoms with E-state index in [0.29, 0.717) is 4.99 Å². The zero-order valence-electron chi connectivity index (χ0n) is 10.0. The zero-order chi connectivity index (χ0) is 12.8. The Morgan fingerprint density at radius 3 is 2.50 bits per heavy atom. The predicted octanol–water partition coefficient (Wildman–Crippen LogP) is 3.21. The van der Waals surface area contributed by atoms with Crippen LogP contribution in [0.25, 0.3) is 0 Å². The van der Waals surface area contributed by atoms with Crippen LogP contribution in [0.5, 0.6) is 0 Å². The highest BCUT2D eigenvalue weighted by molar-refractivity contribution is 7.80. The standard InChI is InChI=1S/C14H14N2OS/c1-17-13(12-9-5-6-10-15-12)14(18)16-11-7-3-2-4-8-11/h2-10,13H,1H3,(H,16,18). The summed E-state index contributed by atoms with van der Waals surface area (Å²) in [7, 11) is 1.62. The summed E-state index contributed by atoms with van der Waals surface area (Å²) in [6, 6.07) is 15.5. The highest BCUT2D eigenvalue weighted by atomic mass is 32.1. The molecule has 1 N–H and O–H groups in total. The van der Waals surface area contributed by atoms with Crippen molar-refractivity contribution in [1.29, 1.82) is 0 Å². The minimum atomic E-state index is -0.332. The zero-order valence-corrected chi connectivity index (χ0v) is 10.9. The largest absolute Gasteiger partial charge is 0.368 e. The van der Waals surface area contributed by atoms with Crippen LogP contribution in [-0.2, 0) is 4.74 Å². The first-order valence-corrected chi connectivity index (χ1v) is 6.01. The fourth-order valence-corrected chi connectivity index (χ4v) is 1.96. The number of nitrogens with one attached hydrogen (secondary N) is 1. The van der Waals surface area contributed by atoms with Gasteiger partial charge in [0.1, 0.15) is 11.1 Å². The normalized spacial score (nSPS) is 11.8. The summed E-state index contributed by atoms with van der Waals surface area (Å²) in [4.78, 5) is 4.86. The third kappa shape index (κ3) is 3.12. The molecule has 0 radical (unpaired) electrons. The van der Waals surface area contributed by atoms with Crippen molar-refractivity contribution < 1.29 is 4.74 Å². The van der Waals surface area contributed by atoms with Gasteiger partial charge in [-0.05, 0) is 24.3 Å². The highest BCUT2D eigenvalue weighted by Gasteiger charge is 2.17. The fraction of sp³-hybridized carbons (Fsp3) is 0.143. The van der Waals surface area contributed by atoms with E-state index in [1.54, 1.807) is 13.3 Å². The van der Waals surface area contributed by atoms with Crippen LogP contribution < -0.4 is 5.32 Å². The van der Waals surface area contributed by atoms with Gasteiger partial charge < -0.3 is 10.1 Å². The molecule has 1 atom stereocenters. The van der Waals surface area contributed by atoms with E-state index in [4.69, 9.17) is 17.0 Å². The quantitative estimate of drug-likeness (QED) is 0.854. The molecule has 3 nitrogen and oxygen atoms in total. The molecule has 4 heteroatoms. The Morgan fingerprint density at radius 2 is 1.89 bits per heavy atom. The summed E-state index contributed by atoms with van der Waals surface area (Å²) >= 11 is 5.36. The van der Waals surface area contributed by atoms with Gasteiger partial charge in [-0.3, -0.25) is 4.98 Å². The average molecular weight is 258 g/mol. The van der Waals surface area contributed by atoms with Gasteiger partial charge >= 0.3 is 0 Å². The number of ether oxygens (including phenoxy) is 1. The summed E-state index contributed by atoms with van der Waals surface area (Å²) < 4.78 is 5.40. The van der Waals surface area contributed by atoms with Crippen LogP contribution in [0.2, 0.25) is 0 Å². The molecular formula is C14H14N2OS. The minimum Gasteiger partial charge on any atom is -0.368 e. The molecule has 0 amide bonds. The molecule has 1 heterocycles. The Balaban J connectivity index is 2.12. The van der Waals surface area contributed by atoms with Crippen LogP contribution in [0.1, 0.15) is 11.8 Å². The molecule has 0 aliphatic rings. The second-order valence-electron chi connectivity index (χ2n) is 3.73. The van der Waals surface area contributed by atoms with Gasteiger partial charge in [0.05, 0.1) is 5.69 Å². The molecule has 0 saturated carbocycles. The number of pyridine rings is 1. The molecule has 0 saturated heterocycles. The monoisotopic (exact) mass is 258 g/mol. The lowest BCUT2D eigenvalue weighted by atomic mass is 10.2. The van der Waals surface area contributed by atoms with Crippen LogP contribution in [-0.4, -0.2) is 17.1 Å². The van der Waals surface area contributed by atoms with Gasteiger partial charge in [0.15, 0.2) is 0 Å². The van der Waals surface area contributed by atoms with E-state index in [2.05, 4.69) is 10.3 Å². The Bertz CT molecular complexity index is 502. The molecular weight excluding hydrogens is 244 g/mol. The smallest absolute Gasteiger partial charge is 0.149 e. The number of nitrogens with zero attached hydrogens (tertiary/aromatic N) is 1. The number of rotatable bonds is 4. The summed E-state index contributed by atoms with van der Waals surface area (Å²) in [5.74, 6) is 0. The van der Waals surface area contributed by atoms with Crippen molar-refractivity contribution in [1.82, 2.24) is 4.98 Å². The van der Waals surface area contributed by atoms with Crippen molar-refractivity contribution >= 4 is 22.9 Å². The Labute approximate surface area is 112 Å². The first-order chi connectivity index (χ1) is 8.81. The number of hydrogen-bond acceptors (Lipinski definition) is 3. The second kappa shape index (κ2) is 6.23. The molecule has 1 aromatic carbocycles. The molecule has 92 valence electrons. The summed E-state index contributed by atoms with van der Waals surface area (Å²) in [5.41, 5.74) is 1.74. The molecule has 0 bridgehead atoms. The molecule has 1 unspecified atom stereocenters. The second-order valence-corrected chi connectivity index (χ2v) is 4.17. The number of benzene rings is 1. The van der Waals surface area contributed by atoms with E-state index in [1.807, 2.05) is 48.5 Å². The van der Waals surface area contributed by atoms with Gasteiger partial charge in [-0.2, -0.15) is 0 Å². The summed E-state index contributed by atoms with van der Waals surface area (Å²) in [6.07, 6.45) is 1.40. The Hall–Kier alpha value is -1.78. The predicted molar refractivity (Wildman–Crippen MR) is 76.6 cm³/mol. The van der Waals surface area contributed by atoms with E-state index in [1.165, 1.54) is 0 Å². The van der Waals surface area contributed by atoms with Gasteiger partial charge in [0.25, 0.3) is 0 Å². The van der Waals surface area contributed by atoms with Crippen molar-refractivity contribution in [2.75, 3.05) is 12.4 Å². The summed E-state index contributed by atoms with van der Waals surface area (Å²) in [6.45, 7) is 0. The van der Waals surface area contributed by atoms with E-state index in [0.717, 1.165) is 11.4 Å². The lowest BCUT2D eigenvalue weighted by Crippen LogP contribution is -2.21. The van der Waals surface area contributed by atoms with Crippen molar-refractivity contribution in [3.63, 3.8) is 0 Å². The maximum Gasteiger partial charge on any atom is 0.149 e. The SMILES string of the molecule is COC(C(=S)Nc1ccccc1)c1ccccn1. The minimum absolute atomic E-state index is 0.332. The fourth-order valence-electron chi connectivity index (χ4n) is 1.62. The van der Waals surface area contributed by atoms with E-state index in [-0.39, 0.29) is 6.10 Å². The number of anilines is 1. The van der Waals surface area contributed by atoms with Gasteiger partial charge in [-0.15, -0.1) is 0 Å². The van der Waals surface area contributed by atoms with E-state index in [9.17, 15) is 0 Å². The van der Waals surface area contributed by atoms with Crippen LogP contribution in [0.4, 0.5) is 5.69 Å². The van der Waals surface area contributed by atoms with Gasteiger partial charge in [-0.1, -0.05) is 36.5 Å². The lowest BCUT2D eigenvalue weighted by Gasteiger charge is -2.17. The van der Waals surface area contributed by atoms with Gasteiger partial charge in [0, 0.05) is 19.0 Å². The van der Waals surface area contributed by atoms with Crippen molar-refractivity contribution in [3.8, 4) is 0 Å².